The van der Waals surface area contributed by atoms with Crippen LogP contribution in [0.5, 0.6) is 0 Å². The number of halogens is 1. The molecule has 0 saturated heterocycles. The summed E-state index contributed by atoms with van der Waals surface area (Å²) in [4.78, 5) is 29.6. The standard InChI is InChI=1S/C23H18ClN3O3/c24-17-11-12-19-18(13-17)20(16-9-5-2-6-10-16)26-21(22(28)25-19)27-23(29)30-14-15-7-3-1-4-8-15/h1-13,21H,14H2,(H,25,28)(H,27,29)/t21-/m1/s1. The number of aliphatic imine (C=N–C) groups is 1. The molecular formula is C23H18ClN3O3. The molecule has 150 valence electrons. The van der Waals surface area contributed by atoms with Crippen LogP contribution in [0.3, 0.4) is 0 Å². The smallest absolute Gasteiger partial charge is 0.409 e. The van der Waals surface area contributed by atoms with Crippen molar-refractivity contribution in [2.45, 2.75) is 12.8 Å². The molecule has 4 rings (SSSR count). The Morgan fingerprint density at radius 1 is 1.03 bits per heavy atom. The fourth-order valence-electron chi connectivity index (χ4n) is 3.08. The minimum atomic E-state index is -1.16. The van der Waals surface area contributed by atoms with E-state index >= 15 is 0 Å². The maximum Gasteiger partial charge on any atom is 0.409 e. The van der Waals surface area contributed by atoms with Crippen LogP contribution in [0.25, 0.3) is 0 Å². The van der Waals surface area contributed by atoms with Crippen LogP contribution in [-0.2, 0) is 16.1 Å². The number of nitrogens with zero attached hydrogens (tertiary/aromatic N) is 1. The predicted molar refractivity (Wildman–Crippen MR) is 116 cm³/mol. The van der Waals surface area contributed by atoms with Gasteiger partial charge in [-0.25, -0.2) is 9.79 Å². The number of hydrogen-bond donors (Lipinski definition) is 2. The van der Waals surface area contributed by atoms with E-state index in [1.54, 1.807) is 18.2 Å². The fraction of sp³-hybridized carbons (Fsp3) is 0.0870. The number of carbonyl (C=O) groups excluding carboxylic acids is 2. The SMILES string of the molecule is O=C(N[C@H]1N=C(c2ccccc2)c2cc(Cl)ccc2NC1=O)OCc1ccccc1. The van der Waals surface area contributed by atoms with Crippen molar-refractivity contribution < 1.29 is 14.3 Å². The van der Waals surface area contributed by atoms with Crippen LogP contribution >= 0.6 is 11.6 Å². The van der Waals surface area contributed by atoms with Crippen LogP contribution in [0, 0.1) is 0 Å². The molecule has 3 aromatic rings. The van der Waals surface area contributed by atoms with Crippen molar-refractivity contribution in [1.82, 2.24) is 5.32 Å². The molecule has 0 spiro atoms. The number of fused-ring (bicyclic) bond motifs is 1. The zero-order valence-corrected chi connectivity index (χ0v) is 16.6. The van der Waals surface area contributed by atoms with Crippen molar-refractivity contribution in [3.63, 3.8) is 0 Å². The highest BCUT2D eigenvalue weighted by Crippen LogP contribution is 2.27. The molecule has 1 heterocycles. The molecule has 7 heteroatoms. The highest BCUT2D eigenvalue weighted by Gasteiger charge is 2.27. The first kappa shape index (κ1) is 19.7. The fourth-order valence-corrected chi connectivity index (χ4v) is 3.25. The highest BCUT2D eigenvalue weighted by molar-refractivity contribution is 6.32. The van der Waals surface area contributed by atoms with E-state index in [0.717, 1.165) is 11.1 Å². The van der Waals surface area contributed by atoms with Gasteiger partial charge in [0.2, 0.25) is 6.17 Å². The Hall–Kier alpha value is -3.64. The van der Waals surface area contributed by atoms with Gasteiger partial charge in [0.1, 0.15) is 6.61 Å². The van der Waals surface area contributed by atoms with Crippen LogP contribution in [0.1, 0.15) is 16.7 Å². The number of carbonyl (C=O) groups is 2. The molecule has 0 saturated carbocycles. The molecule has 3 aromatic carbocycles. The monoisotopic (exact) mass is 419 g/mol. The molecule has 1 atom stereocenters. The molecule has 0 unspecified atom stereocenters. The van der Waals surface area contributed by atoms with Crippen molar-refractivity contribution in [3.8, 4) is 0 Å². The summed E-state index contributed by atoms with van der Waals surface area (Å²) in [5, 5.41) is 5.84. The van der Waals surface area contributed by atoms with E-state index in [4.69, 9.17) is 16.3 Å². The molecule has 0 aliphatic carbocycles. The van der Waals surface area contributed by atoms with E-state index in [9.17, 15) is 9.59 Å². The minimum Gasteiger partial charge on any atom is -0.445 e. The lowest BCUT2D eigenvalue weighted by Crippen LogP contribution is -2.42. The maximum atomic E-state index is 12.7. The summed E-state index contributed by atoms with van der Waals surface area (Å²) in [7, 11) is 0. The number of rotatable bonds is 4. The molecule has 6 nitrogen and oxygen atoms in total. The summed E-state index contributed by atoms with van der Waals surface area (Å²) in [5.41, 5.74) is 3.41. The molecule has 0 aromatic heterocycles. The lowest BCUT2D eigenvalue weighted by Gasteiger charge is -2.13. The second-order valence-corrected chi connectivity index (χ2v) is 7.07. The molecule has 2 amide bonds. The van der Waals surface area contributed by atoms with Gasteiger partial charge in [-0.1, -0.05) is 72.3 Å². The van der Waals surface area contributed by atoms with Gasteiger partial charge in [0.25, 0.3) is 5.91 Å². The Morgan fingerprint density at radius 2 is 1.73 bits per heavy atom. The number of anilines is 1. The van der Waals surface area contributed by atoms with Crippen molar-refractivity contribution >= 4 is 35.0 Å². The first-order valence-electron chi connectivity index (χ1n) is 9.31. The van der Waals surface area contributed by atoms with Gasteiger partial charge in [-0.05, 0) is 23.8 Å². The largest absolute Gasteiger partial charge is 0.445 e. The molecular weight excluding hydrogens is 402 g/mol. The number of benzodiazepines with no additional fused rings is 1. The summed E-state index contributed by atoms with van der Waals surface area (Å²) in [6, 6.07) is 23.8. The van der Waals surface area contributed by atoms with E-state index in [1.165, 1.54) is 0 Å². The van der Waals surface area contributed by atoms with Gasteiger partial charge in [-0.2, -0.15) is 0 Å². The number of ether oxygens (including phenoxy) is 1. The van der Waals surface area contributed by atoms with E-state index in [2.05, 4.69) is 15.6 Å². The number of amides is 2. The van der Waals surface area contributed by atoms with Gasteiger partial charge >= 0.3 is 6.09 Å². The first-order chi connectivity index (χ1) is 14.6. The molecule has 0 radical (unpaired) electrons. The number of hydrogen-bond acceptors (Lipinski definition) is 4. The minimum absolute atomic E-state index is 0.0894. The molecule has 0 fully saturated rings. The molecule has 2 N–H and O–H groups in total. The third kappa shape index (κ3) is 4.50. The zero-order valence-electron chi connectivity index (χ0n) is 15.8. The number of nitrogens with one attached hydrogen (secondary N) is 2. The Bertz CT molecular complexity index is 1100. The van der Waals surface area contributed by atoms with Gasteiger partial charge < -0.3 is 10.1 Å². The summed E-state index contributed by atoms with van der Waals surface area (Å²) in [5.74, 6) is -0.471. The zero-order chi connectivity index (χ0) is 20.9. The average molecular weight is 420 g/mol. The third-order valence-electron chi connectivity index (χ3n) is 4.52. The van der Waals surface area contributed by atoms with Gasteiger partial charge in [-0.3, -0.25) is 10.1 Å². The topological polar surface area (TPSA) is 79.8 Å². The molecule has 1 aliphatic heterocycles. The lowest BCUT2D eigenvalue weighted by atomic mass is 10.0. The van der Waals surface area contributed by atoms with Crippen molar-refractivity contribution in [2.24, 2.45) is 4.99 Å². The van der Waals surface area contributed by atoms with Crippen LogP contribution in [-0.4, -0.2) is 23.9 Å². The van der Waals surface area contributed by atoms with Gasteiger partial charge in [-0.15, -0.1) is 0 Å². The molecule has 0 bridgehead atoms. The Morgan fingerprint density at radius 3 is 2.47 bits per heavy atom. The Kier molecular flexibility index (Phi) is 5.77. The second-order valence-electron chi connectivity index (χ2n) is 6.63. The summed E-state index contributed by atoms with van der Waals surface area (Å²) in [6.07, 6.45) is -1.89. The normalized spacial score (nSPS) is 15.3. The van der Waals surface area contributed by atoms with Crippen molar-refractivity contribution in [1.29, 1.82) is 0 Å². The molecule has 1 aliphatic rings. The Labute approximate surface area is 178 Å². The summed E-state index contributed by atoms with van der Waals surface area (Å²) >= 11 is 6.18. The first-order valence-corrected chi connectivity index (χ1v) is 9.69. The maximum absolute atomic E-state index is 12.7. The number of alkyl carbamates (subject to hydrolysis) is 1. The van der Waals surface area contributed by atoms with Crippen LogP contribution in [0.15, 0.2) is 83.9 Å². The van der Waals surface area contributed by atoms with Crippen LogP contribution in [0.2, 0.25) is 5.02 Å². The van der Waals surface area contributed by atoms with Gasteiger partial charge in [0.15, 0.2) is 0 Å². The van der Waals surface area contributed by atoms with E-state index in [0.29, 0.717) is 22.0 Å². The van der Waals surface area contributed by atoms with Crippen LogP contribution < -0.4 is 10.6 Å². The quantitative estimate of drug-likeness (QED) is 0.658. The van der Waals surface area contributed by atoms with E-state index in [1.807, 2.05) is 60.7 Å². The van der Waals surface area contributed by atoms with Crippen LogP contribution in [0.4, 0.5) is 10.5 Å². The van der Waals surface area contributed by atoms with E-state index in [-0.39, 0.29) is 6.61 Å². The average Bonchev–Trinajstić information content (AvgIpc) is 2.90. The van der Waals surface area contributed by atoms with E-state index < -0.39 is 18.2 Å². The third-order valence-corrected chi connectivity index (χ3v) is 4.75. The lowest BCUT2D eigenvalue weighted by molar-refractivity contribution is -0.117. The number of benzene rings is 3. The second kappa shape index (κ2) is 8.80. The Balaban J connectivity index is 1.61. The predicted octanol–water partition coefficient (Wildman–Crippen LogP) is 4.38. The highest BCUT2D eigenvalue weighted by atomic mass is 35.5. The summed E-state index contributed by atoms with van der Waals surface area (Å²) < 4.78 is 5.24. The molecule has 30 heavy (non-hydrogen) atoms. The van der Waals surface area contributed by atoms with Gasteiger partial charge in [0, 0.05) is 16.1 Å². The van der Waals surface area contributed by atoms with Crippen molar-refractivity contribution in [3.05, 3.63) is 101 Å². The summed E-state index contributed by atoms with van der Waals surface area (Å²) in [6.45, 7) is 0.0894. The van der Waals surface area contributed by atoms with Crippen molar-refractivity contribution in [2.75, 3.05) is 5.32 Å². The van der Waals surface area contributed by atoms with Gasteiger partial charge in [0.05, 0.1) is 11.4 Å².